The molecule has 0 unspecified atom stereocenters. The molecule has 2 aliphatic rings. The molecule has 1 aliphatic heterocycles. The predicted molar refractivity (Wildman–Crippen MR) is 66.5 cm³/mol. The van der Waals surface area contributed by atoms with Gasteiger partial charge in [0.25, 0.3) is 0 Å². The summed E-state index contributed by atoms with van der Waals surface area (Å²) in [6.07, 6.45) is 3.04. The van der Waals surface area contributed by atoms with Gasteiger partial charge in [0, 0.05) is 19.1 Å². The highest BCUT2D eigenvalue weighted by atomic mass is 16.5. The van der Waals surface area contributed by atoms with Gasteiger partial charge < -0.3 is 15.4 Å². The van der Waals surface area contributed by atoms with E-state index in [9.17, 15) is 4.79 Å². The Morgan fingerprint density at radius 2 is 2.18 bits per heavy atom. The van der Waals surface area contributed by atoms with E-state index in [2.05, 4.69) is 0 Å². The van der Waals surface area contributed by atoms with Crippen LogP contribution in [0, 0.1) is 11.8 Å². The number of fused-ring (bicyclic) bond motifs is 1. The fourth-order valence-corrected chi connectivity index (χ4v) is 3.05. The van der Waals surface area contributed by atoms with Crippen LogP contribution in [0.4, 0.5) is 0 Å². The first-order valence-electron chi connectivity index (χ1n) is 6.73. The normalized spacial score (nSPS) is 32.2. The van der Waals surface area contributed by atoms with E-state index in [1.165, 1.54) is 6.42 Å². The molecule has 4 nitrogen and oxygen atoms in total. The summed E-state index contributed by atoms with van der Waals surface area (Å²) < 4.78 is 5.41. The van der Waals surface area contributed by atoms with E-state index in [4.69, 9.17) is 10.5 Å². The number of hydrogen-bond donors (Lipinski definition) is 1. The molecule has 0 spiro atoms. The van der Waals surface area contributed by atoms with E-state index < -0.39 is 0 Å². The lowest BCUT2D eigenvalue weighted by atomic mass is 9.98. The van der Waals surface area contributed by atoms with Gasteiger partial charge in [-0.15, -0.1) is 0 Å². The van der Waals surface area contributed by atoms with Crippen molar-refractivity contribution in [1.29, 1.82) is 0 Å². The van der Waals surface area contributed by atoms with Crippen molar-refractivity contribution in [2.75, 3.05) is 19.7 Å². The molecular formula is C13H24N2O2. The van der Waals surface area contributed by atoms with E-state index >= 15 is 0 Å². The summed E-state index contributed by atoms with van der Waals surface area (Å²) in [5.74, 6) is 1.43. The highest BCUT2D eigenvalue weighted by Crippen LogP contribution is 2.37. The zero-order chi connectivity index (χ0) is 12.4. The van der Waals surface area contributed by atoms with Gasteiger partial charge in [-0.1, -0.05) is 0 Å². The van der Waals surface area contributed by atoms with E-state index in [1.807, 2.05) is 18.7 Å². The number of hydrogen-bond acceptors (Lipinski definition) is 3. The van der Waals surface area contributed by atoms with Gasteiger partial charge >= 0.3 is 0 Å². The van der Waals surface area contributed by atoms with Crippen LogP contribution in [-0.2, 0) is 9.53 Å². The number of nitrogens with zero attached hydrogens (tertiary/aromatic N) is 1. The highest BCUT2D eigenvalue weighted by Gasteiger charge is 2.42. The Balaban J connectivity index is 1.75. The summed E-state index contributed by atoms with van der Waals surface area (Å²) in [4.78, 5) is 14.0. The third-order valence-corrected chi connectivity index (χ3v) is 4.03. The molecule has 1 aliphatic carbocycles. The molecule has 0 aromatic carbocycles. The molecule has 1 heterocycles. The average Bonchev–Trinajstić information content (AvgIpc) is 2.81. The Bertz CT molecular complexity index is 281. The maximum absolute atomic E-state index is 12.0. The second-order valence-electron chi connectivity index (χ2n) is 5.63. The van der Waals surface area contributed by atoms with E-state index in [1.54, 1.807) is 0 Å². The van der Waals surface area contributed by atoms with Crippen LogP contribution in [0.1, 0.15) is 33.1 Å². The van der Waals surface area contributed by atoms with Crippen molar-refractivity contribution in [2.45, 2.75) is 45.3 Å². The Kier molecular flexibility index (Phi) is 4.05. The van der Waals surface area contributed by atoms with Gasteiger partial charge in [-0.2, -0.15) is 0 Å². The number of carbonyl (C=O) groups excluding carboxylic acids is 1. The van der Waals surface area contributed by atoms with Crippen LogP contribution in [0.5, 0.6) is 0 Å². The minimum Gasteiger partial charge on any atom is -0.378 e. The maximum atomic E-state index is 12.0. The van der Waals surface area contributed by atoms with E-state index in [0.717, 1.165) is 19.5 Å². The number of carbonyl (C=O) groups is 1. The molecule has 2 rings (SSSR count). The first-order valence-corrected chi connectivity index (χ1v) is 6.73. The van der Waals surface area contributed by atoms with Gasteiger partial charge in [-0.3, -0.25) is 4.79 Å². The molecule has 17 heavy (non-hydrogen) atoms. The fourth-order valence-electron chi connectivity index (χ4n) is 3.05. The third kappa shape index (κ3) is 2.99. The molecule has 98 valence electrons. The maximum Gasteiger partial charge on any atom is 0.224 e. The Hall–Kier alpha value is -0.610. The van der Waals surface area contributed by atoms with Gasteiger partial charge in [0.05, 0.1) is 19.1 Å². The number of amides is 1. The van der Waals surface area contributed by atoms with E-state index in [-0.39, 0.29) is 12.0 Å². The molecule has 0 bridgehead atoms. The van der Waals surface area contributed by atoms with Crippen molar-refractivity contribution in [2.24, 2.45) is 17.6 Å². The fraction of sp³-hybridized carbons (Fsp3) is 0.923. The summed E-state index contributed by atoms with van der Waals surface area (Å²) in [5, 5.41) is 0. The lowest BCUT2D eigenvalue weighted by Gasteiger charge is -2.19. The number of rotatable bonds is 4. The number of likely N-dealkylation sites (tertiary alicyclic amines) is 1. The molecular weight excluding hydrogens is 216 g/mol. The van der Waals surface area contributed by atoms with Gasteiger partial charge in [0.15, 0.2) is 0 Å². The molecule has 3 atom stereocenters. The monoisotopic (exact) mass is 240 g/mol. The average molecular weight is 240 g/mol. The zero-order valence-corrected chi connectivity index (χ0v) is 10.9. The third-order valence-electron chi connectivity index (χ3n) is 4.03. The molecule has 0 radical (unpaired) electrons. The van der Waals surface area contributed by atoms with Gasteiger partial charge in [0.1, 0.15) is 0 Å². The summed E-state index contributed by atoms with van der Waals surface area (Å²) in [6.45, 7) is 6.30. The smallest absolute Gasteiger partial charge is 0.224 e. The van der Waals surface area contributed by atoms with E-state index in [0.29, 0.717) is 30.9 Å². The summed E-state index contributed by atoms with van der Waals surface area (Å²) >= 11 is 0. The first-order chi connectivity index (χ1) is 8.08. The number of nitrogens with two attached hydrogens (primary N) is 1. The van der Waals surface area contributed by atoms with Crippen molar-refractivity contribution in [3.05, 3.63) is 0 Å². The lowest BCUT2D eigenvalue weighted by molar-refractivity contribution is -0.131. The van der Waals surface area contributed by atoms with Gasteiger partial charge in [-0.05, 0) is 38.5 Å². The molecule has 4 heteroatoms. The summed E-state index contributed by atoms with van der Waals surface area (Å²) in [6, 6.07) is 0.310. The van der Waals surface area contributed by atoms with Crippen molar-refractivity contribution < 1.29 is 9.53 Å². The zero-order valence-electron chi connectivity index (χ0n) is 10.9. The topological polar surface area (TPSA) is 55.6 Å². The number of ether oxygens (including phenoxy) is 1. The summed E-state index contributed by atoms with van der Waals surface area (Å²) in [7, 11) is 0. The standard InChI is InChI=1S/C13H24N2O2/c1-9(2)17-6-5-13(16)15-7-10-3-4-12(14)11(10)8-15/h9-12H,3-8,14H2,1-2H3/t10-,11-,12-/m0/s1. The summed E-state index contributed by atoms with van der Waals surface area (Å²) in [5.41, 5.74) is 6.06. The Morgan fingerprint density at radius 1 is 1.41 bits per heavy atom. The molecule has 1 amide bonds. The Morgan fingerprint density at radius 3 is 2.82 bits per heavy atom. The van der Waals surface area contributed by atoms with Crippen LogP contribution in [-0.4, -0.2) is 42.6 Å². The molecule has 0 aromatic rings. The second-order valence-corrected chi connectivity index (χ2v) is 5.63. The van der Waals surface area contributed by atoms with Crippen molar-refractivity contribution in [1.82, 2.24) is 4.90 Å². The van der Waals surface area contributed by atoms with Crippen LogP contribution in [0.2, 0.25) is 0 Å². The minimum atomic E-state index is 0.203. The van der Waals surface area contributed by atoms with Gasteiger partial charge in [0.2, 0.25) is 5.91 Å². The van der Waals surface area contributed by atoms with Crippen LogP contribution in [0.25, 0.3) is 0 Å². The first kappa shape index (κ1) is 12.8. The highest BCUT2D eigenvalue weighted by molar-refractivity contribution is 5.76. The molecule has 1 saturated carbocycles. The van der Waals surface area contributed by atoms with Gasteiger partial charge in [-0.25, -0.2) is 0 Å². The second kappa shape index (κ2) is 5.36. The molecule has 0 aromatic heterocycles. The minimum absolute atomic E-state index is 0.203. The Labute approximate surface area is 103 Å². The van der Waals surface area contributed by atoms with Crippen LogP contribution in [0.3, 0.4) is 0 Å². The SMILES string of the molecule is CC(C)OCCC(=O)N1C[C@@H]2CC[C@H](N)[C@H]2C1. The largest absolute Gasteiger partial charge is 0.378 e. The lowest BCUT2D eigenvalue weighted by Crippen LogP contribution is -2.34. The van der Waals surface area contributed by atoms with Crippen molar-refractivity contribution in [3.63, 3.8) is 0 Å². The molecule has 2 N–H and O–H groups in total. The quantitative estimate of drug-likeness (QED) is 0.797. The van der Waals surface area contributed by atoms with Crippen LogP contribution < -0.4 is 5.73 Å². The van der Waals surface area contributed by atoms with Crippen LogP contribution >= 0.6 is 0 Å². The van der Waals surface area contributed by atoms with Crippen molar-refractivity contribution in [3.8, 4) is 0 Å². The predicted octanol–water partition coefficient (Wildman–Crippen LogP) is 0.997. The molecule has 1 saturated heterocycles. The molecule has 2 fully saturated rings. The van der Waals surface area contributed by atoms with Crippen LogP contribution in [0.15, 0.2) is 0 Å². The van der Waals surface area contributed by atoms with Crippen molar-refractivity contribution >= 4 is 5.91 Å².